The van der Waals surface area contributed by atoms with E-state index >= 15 is 0 Å². The topological polar surface area (TPSA) is 53.2 Å². The van der Waals surface area contributed by atoms with Crippen LogP contribution in [0.3, 0.4) is 0 Å². The number of carbonyl (C=O) groups excluding carboxylic acids is 1. The van der Waals surface area contributed by atoms with E-state index in [1.807, 2.05) is 4.90 Å². The first-order chi connectivity index (χ1) is 8.87. The van der Waals surface area contributed by atoms with Gasteiger partial charge in [-0.1, -0.05) is 20.8 Å². The average molecular weight is 262 g/mol. The molecule has 1 saturated heterocycles. The fraction of sp³-hybridized carbons (Fsp3) is 0.600. The Balaban J connectivity index is 2.13. The lowest BCUT2D eigenvalue weighted by atomic mass is 9.87. The summed E-state index contributed by atoms with van der Waals surface area (Å²) in [7, 11) is 0. The lowest BCUT2D eigenvalue weighted by Crippen LogP contribution is -2.37. The highest BCUT2D eigenvalue weighted by Gasteiger charge is 2.32. The molecule has 0 aromatic carbocycles. The van der Waals surface area contributed by atoms with Crippen LogP contribution in [-0.2, 0) is 0 Å². The van der Waals surface area contributed by atoms with Gasteiger partial charge in [-0.2, -0.15) is 0 Å². The van der Waals surface area contributed by atoms with Gasteiger partial charge in [0, 0.05) is 24.8 Å². The van der Waals surface area contributed by atoms with Crippen molar-refractivity contribution >= 4 is 5.91 Å². The van der Waals surface area contributed by atoms with E-state index in [2.05, 4.69) is 25.8 Å². The van der Waals surface area contributed by atoms with Gasteiger partial charge in [0.15, 0.2) is 0 Å². The van der Waals surface area contributed by atoms with Crippen molar-refractivity contribution < 1.29 is 4.79 Å². The van der Waals surface area contributed by atoms with Crippen molar-refractivity contribution in [2.24, 2.45) is 5.41 Å². The Morgan fingerprint density at radius 3 is 2.74 bits per heavy atom. The van der Waals surface area contributed by atoms with E-state index in [1.54, 1.807) is 6.07 Å². The Morgan fingerprint density at radius 2 is 2.16 bits per heavy atom. The van der Waals surface area contributed by atoms with Crippen LogP contribution in [0, 0.1) is 5.41 Å². The van der Waals surface area contributed by atoms with Gasteiger partial charge in [-0.05, 0) is 30.7 Å². The van der Waals surface area contributed by atoms with Crippen LogP contribution in [0.5, 0.6) is 0 Å². The van der Waals surface area contributed by atoms with E-state index in [-0.39, 0.29) is 16.9 Å². The zero-order valence-electron chi connectivity index (χ0n) is 11.9. The third-order valence-electron chi connectivity index (χ3n) is 3.52. The second-order valence-corrected chi connectivity index (χ2v) is 6.50. The molecule has 104 valence electrons. The molecule has 0 aliphatic carbocycles. The van der Waals surface area contributed by atoms with Crippen LogP contribution in [-0.4, -0.2) is 28.4 Å². The number of nitrogens with one attached hydrogen (secondary N) is 1. The van der Waals surface area contributed by atoms with E-state index in [0.717, 1.165) is 25.8 Å². The minimum absolute atomic E-state index is 0.0306. The van der Waals surface area contributed by atoms with Gasteiger partial charge >= 0.3 is 0 Å². The first kappa shape index (κ1) is 13.8. The predicted octanol–water partition coefficient (Wildman–Crippen LogP) is 2.42. The summed E-state index contributed by atoms with van der Waals surface area (Å²) in [5.41, 5.74) is 0.614. The molecule has 4 nitrogen and oxygen atoms in total. The lowest BCUT2D eigenvalue weighted by Gasteiger charge is -2.30. The molecule has 19 heavy (non-hydrogen) atoms. The number of nitrogens with zero attached hydrogens (tertiary/aromatic N) is 1. The van der Waals surface area contributed by atoms with E-state index in [4.69, 9.17) is 0 Å². The molecule has 1 aromatic rings. The summed E-state index contributed by atoms with van der Waals surface area (Å²) in [6.07, 6.45) is 4.67. The predicted molar refractivity (Wildman–Crippen MR) is 75.2 cm³/mol. The Morgan fingerprint density at radius 1 is 1.42 bits per heavy atom. The number of carbonyl (C=O) groups is 1. The van der Waals surface area contributed by atoms with Crippen LogP contribution < -0.4 is 5.56 Å². The van der Waals surface area contributed by atoms with E-state index in [1.165, 1.54) is 12.3 Å². The summed E-state index contributed by atoms with van der Waals surface area (Å²) in [5, 5.41) is 0. The van der Waals surface area contributed by atoms with E-state index in [9.17, 15) is 9.59 Å². The molecule has 1 amide bonds. The SMILES string of the molecule is CC(C)(C)CC1CCCN1C(=O)c1ccc(=O)[nH]c1. The van der Waals surface area contributed by atoms with Crippen LogP contribution in [0.4, 0.5) is 0 Å². The highest BCUT2D eigenvalue weighted by atomic mass is 16.2. The van der Waals surface area contributed by atoms with Gasteiger partial charge in [-0.15, -0.1) is 0 Å². The smallest absolute Gasteiger partial charge is 0.255 e. The normalized spacial score (nSPS) is 19.7. The van der Waals surface area contributed by atoms with Gasteiger partial charge in [-0.25, -0.2) is 0 Å². The Bertz CT molecular complexity index is 493. The van der Waals surface area contributed by atoms with Crippen molar-refractivity contribution in [3.05, 3.63) is 34.2 Å². The number of pyridine rings is 1. The summed E-state index contributed by atoms with van der Waals surface area (Å²) in [6, 6.07) is 3.33. The molecular weight excluding hydrogens is 240 g/mol. The molecule has 0 saturated carbocycles. The van der Waals surface area contributed by atoms with Crippen molar-refractivity contribution in [3.63, 3.8) is 0 Å². The van der Waals surface area contributed by atoms with Crippen LogP contribution in [0.15, 0.2) is 23.1 Å². The van der Waals surface area contributed by atoms with Crippen LogP contribution >= 0.6 is 0 Å². The average Bonchev–Trinajstić information content (AvgIpc) is 2.75. The molecule has 0 spiro atoms. The summed E-state index contributed by atoms with van der Waals surface area (Å²) >= 11 is 0. The van der Waals surface area contributed by atoms with Crippen LogP contribution in [0.25, 0.3) is 0 Å². The van der Waals surface area contributed by atoms with Crippen molar-refractivity contribution in [1.29, 1.82) is 0 Å². The highest BCUT2D eigenvalue weighted by molar-refractivity contribution is 5.94. The van der Waals surface area contributed by atoms with Crippen molar-refractivity contribution in [3.8, 4) is 0 Å². The van der Waals surface area contributed by atoms with Gasteiger partial charge < -0.3 is 9.88 Å². The second kappa shape index (κ2) is 5.19. The number of H-pyrrole nitrogens is 1. The molecule has 2 rings (SSSR count). The van der Waals surface area contributed by atoms with Crippen LogP contribution in [0.2, 0.25) is 0 Å². The second-order valence-electron chi connectivity index (χ2n) is 6.50. The van der Waals surface area contributed by atoms with Gasteiger partial charge in [-0.3, -0.25) is 9.59 Å². The molecule has 1 unspecified atom stereocenters. The molecule has 1 aromatic heterocycles. The number of rotatable bonds is 2. The number of likely N-dealkylation sites (tertiary alicyclic amines) is 1. The lowest BCUT2D eigenvalue weighted by molar-refractivity contribution is 0.0703. The monoisotopic (exact) mass is 262 g/mol. The largest absolute Gasteiger partial charge is 0.336 e. The zero-order valence-corrected chi connectivity index (χ0v) is 11.9. The van der Waals surface area contributed by atoms with Crippen molar-refractivity contribution in [2.75, 3.05) is 6.54 Å². The zero-order chi connectivity index (χ0) is 14.0. The van der Waals surface area contributed by atoms with Gasteiger partial charge in [0.1, 0.15) is 0 Å². The Labute approximate surface area is 113 Å². The maximum absolute atomic E-state index is 12.5. The number of hydrogen-bond acceptors (Lipinski definition) is 2. The summed E-state index contributed by atoms with van der Waals surface area (Å²) in [6.45, 7) is 7.43. The van der Waals surface area contributed by atoms with Gasteiger partial charge in [0.2, 0.25) is 5.56 Å². The van der Waals surface area contributed by atoms with Gasteiger partial charge in [0.05, 0.1) is 5.56 Å². The summed E-state index contributed by atoms with van der Waals surface area (Å²) in [4.78, 5) is 28.0. The molecule has 0 radical (unpaired) electrons. The molecule has 1 fully saturated rings. The maximum Gasteiger partial charge on any atom is 0.255 e. The molecule has 4 heteroatoms. The maximum atomic E-state index is 12.5. The van der Waals surface area contributed by atoms with Crippen molar-refractivity contribution in [2.45, 2.75) is 46.1 Å². The van der Waals surface area contributed by atoms with E-state index in [0.29, 0.717) is 11.6 Å². The summed E-state index contributed by atoms with van der Waals surface area (Å²) in [5.74, 6) is 0.0306. The minimum atomic E-state index is -0.177. The third-order valence-corrected chi connectivity index (χ3v) is 3.52. The van der Waals surface area contributed by atoms with E-state index < -0.39 is 0 Å². The number of amides is 1. The first-order valence-corrected chi connectivity index (χ1v) is 6.86. The number of aromatic amines is 1. The first-order valence-electron chi connectivity index (χ1n) is 6.86. The number of hydrogen-bond donors (Lipinski definition) is 1. The number of aromatic nitrogens is 1. The molecule has 1 atom stereocenters. The highest BCUT2D eigenvalue weighted by Crippen LogP contribution is 2.30. The standard InChI is InChI=1S/C15H22N2O2/c1-15(2,3)9-12-5-4-8-17(12)14(19)11-6-7-13(18)16-10-11/h6-7,10,12H,4-5,8-9H2,1-3H3,(H,16,18). The molecule has 1 aliphatic rings. The van der Waals surface area contributed by atoms with Crippen molar-refractivity contribution in [1.82, 2.24) is 9.88 Å². The molecular formula is C15H22N2O2. The minimum Gasteiger partial charge on any atom is -0.336 e. The fourth-order valence-corrected chi connectivity index (χ4v) is 2.73. The van der Waals surface area contributed by atoms with Crippen LogP contribution in [0.1, 0.15) is 50.4 Å². The molecule has 0 bridgehead atoms. The molecule has 1 N–H and O–H groups in total. The third kappa shape index (κ3) is 3.46. The summed E-state index contributed by atoms with van der Waals surface area (Å²) < 4.78 is 0. The van der Waals surface area contributed by atoms with Gasteiger partial charge in [0.25, 0.3) is 5.91 Å². The quantitative estimate of drug-likeness (QED) is 0.890. The Hall–Kier alpha value is -1.58. The Kier molecular flexibility index (Phi) is 3.78. The fourth-order valence-electron chi connectivity index (χ4n) is 2.73. The molecule has 1 aliphatic heterocycles. The molecule has 2 heterocycles.